The van der Waals surface area contributed by atoms with Gasteiger partial charge in [0.2, 0.25) is 5.78 Å². The molecule has 0 atom stereocenters. The number of rotatable bonds is 5. The number of hydrogen-bond acceptors (Lipinski definition) is 5. The van der Waals surface area contributed by atoms with Crippen LogP contribution < -0.4 is 10.1 Å². The number of sulfonamides is 1. The summed E-state index contributed by atoms with van der Waals surface area (Å²) in [7, 11) is -2.42. The van der Waals surface area contributed by atoms with Gasteiger partial charge < -0.3 is 10.1 Å². The van der Waals surface area contributed by atoms with Crippen LogP contribution in [0.3, 0.4) is 0 Å². The van der Waals surface area contributed by atoms with Gasteiger partial charge in [-0.15, -0.1) is 0 Å². The van der Waals surface area contributed by atoms with Crippen molar-refractivity contribution in [2.75, 3.05) is 12.4 Å². The molecule has 0 aliphatic heterocycles. The van der Waals surface area contributed by atoms with Gasteiger partial charge in [-0.25, -0.2) is 0 Å². The lowest BCUT2D eigenvalue weighted by Crippen LogP contribution is -2.22. The first-order chi connectivity index (χ1) is 16.1. The van der Waals surface area contributed by atoms with Crippen LogP contribution in [0.4, 0.5) is 5.69 Å². The van der Waals surface area contributed by atoms with Crippen LogP contribution in [0.2, 0.25) is 0 Å². The highest BCUT2D eigenvalue weighted by molar-refractivity contribution is 7.90. The molecule has 34 heavy (non-hydrogen) atoms. The average Bonchev–Trinajstić information content (AvgIpc) is 2.82. The maximum Gasteiger partial charge on any atom is 0.282 e. The molecule has 7 heteroatoms. The number of anilines is 1. The van der Waals surface area contributed by atoms with Gasteiger partial charge in [-0.3, -0.25) is 4.79 Å². The Bertz CT molecular complexity index is 1400. The third-order valence-corrected chi connectivity index (χ3v) is 6.88. The summed E-state index contributed by atoms with van der Waals surface area (Å²) < 4.78 is 35.6. The monoisotopic (exact) mass is 474 g/mol. The second-order valence-electron chi connectivity index (χ2n) is 9.01. The average molecular weight is 475 g/mol. The molecule has 1 N–H and O–H groups in total. The SMILES string of the molecule is COc1ccc(NC2=C/C(=N/S(=O)(=O)c3ccc(C(C)(C)C)cc3)c3ccccc3C2=O)cc1. The van der Waals surface area contributed by atoms with Gasteiger partial charge >= 0.3 is 0 Å². The van der Waals surface area contributed by atoms with Crippen molar-refractivity contribution in [3.8, 4) is 5.75 Å². The molecule has 0 saturated heterocycles. The van der Waals surface area contributed by atoms with E-state index >= 15 is 0 Å². The second kappa shape index (κ2) is 8.91. The van der Waals surface area contributed by atoms with Crippen LogP contribution in [-0.4, -0.2) is 27.0 Å². The van der Waals surface area contributed by atoms with Crippen LogP contribution in [0, 0.1) is 0 Å². The minimum atomic E-state index is -4.00. The van der Waals surface area contributed by atoms with Gasteiger partial charge in [-0.2, -0.15) is 12.8 Å². The van der Waals surface area contributed by atoms with Crippen LogP contribution >= 0.6 is 0 Å². The highest BCUT2D eigenvalue weighted by Crippen LogP contribution is 2.27. The van der Waals surface area contributed by atoms with E-state index in [9.17, 15) is 13.2 Å². The predicted molar refractivity (Wildman–Crippen MR) is 134 cm³/mol. The molecule has 1 aliphatic rings. The van der Waals surface area contributed by atoms with Crippen LogP contribution in [-0.2, 0) is 15.4 Å². The Labute approximate surface area is 200 Å². The fourth-order valence-electron chi connectivity index (χ4n) is 3.64. The first-order valence-electron chi connectivity index (χ1n) is 10.8. The van der Waals surface area contributed by atoms with Crippen molar-refractivity contribution in [3.63, 3.8) is 0 Å². The van der Waals surface area contributed by atoms with Crippen LogP contribution in [0.5, 0.6) is 5.75 Å². The topological polar surface area (TPSA) is 84.8 Å². The molecule has 0 aromatic heterocycles. The number of nitrogens with one attached hydrogen (secondary N) is 1. The predicted octanol–water partition coefficient (Wildman–Crippen LogP) is 5.36. The molecular weight excluding hydrogens is 448 g/mol. The Morgan fingerprint density at radius 1 is 0.853 bits per heavy atom. The summed E-state index contributed by atoms with van der Waals surface area (Å²) in [6, 6.07) is 20.7. The lowest BCUT2D eigenvalue weighted by molar-refractivity contribution is 0.103. The molecule has 3 aromatic rings. The smallest absolute Gasteiger partial charge is 0.282 e. The summed E-state index contributed by atoms with van der Waals surface area (Å²) in [6.07, 6.45) is 1.48. The minimum absolute atomic E-state index is 0.0956. The van der Waals surface area contributed by atoms with Crippen LogP contribution in [0.1, 0.15) is 42.3 Å². The second-order valence-corrected chi connectivity index (χ2v) is 10.6. The van der Waals surface area contributed by atoms with E-state index in [1.807, 2.05) is 0 Å². The van der Waals surface area contributed by atoms with Crippen molar-refractivity contribution in [1.29, 1.82) is 0 Å². The van der Waals surface area contributed by atoms with Crippen molar-refractivity contribution in [1.82, 2.24) is 0 Å². The van der Waals surface area contributed by atoms with Crippen molar-refractivity contribution >= 4 is 27.2 Å². The van der Waals surface area contributed by atoms with E-state index in [4.69, 9.17) is 4.74 Å². The number of ketones is 1. The van der Waals surface area contributed by atoms with Crippen molar-refractivity contribution in [3.05, 3.63) is 101 Å². The van der Waals surface area contributed by atoms with E-state index < -0.39 is 10.0 Å². The summed E-state index contributed by atoms with van der Waals surface area (Å²) in [5, 5.41) is 3.08. The number of nitrogens with zero attached hydrogens (tertiary/aromatic N) is 1. The number of methoxy groups -OCH3 is 1. The lowest BCUT2D eigenvalue weighted by Gasteiger charge is -2.19. The number of hydrogen-bond donors (Lipinski definition) is 1. The number of carbonyl (C=O) groups is 1. The summed E-state index contributed by atoms with van der Waals surface area (Å²) in [5.74, 6) is 0.447. The first-order valence-corrected chi connectivity index (χ1v) is 12.2. The molecule has 0 amide bonds. The van der Waals surface area contributed by atoms with Gasteiger partial charge in [0, 0.05) is 16.8 Å². The van der Waals surface area contributed by atoms with Gasteiger partial charge in [0.05, 0.1) is 23.4 Å². The summed E-state index contributed by atoms with van der Waals surface area (Å²) >= 11 is 0. The number of allylic oxidation sites excluding steroid dienone is 2. The Morgan fingerprint density at radius 3 is 2.06 bits per heavy atom. The van der Waals surface area contributed by atoms with E-state index in [2.05, 4.69) is 30.5 Å². The third kappa shape index (κ3) is 4.79. The van der Waals surface area contributed by atoms with Crippen LogP contribution in [0.25, 0.3) is 0 Å². The van der Waals surface area contributed by atoms with Crippen molar-refractivity contribution in [2.24, 2.45) is 4.40 Å². The maximum absolute atomic E-state index is 13.2. The van der Waals surface area contributed by atoms with Gasteiger partial charge in [0.25, 0.3) is 10.0 Å². The van der Waals surface area contributed by atoms with Crippen molar-refractivity contribution < 1.29 is 17.9 Å². The molecule has 0 bridgehead atoms. The maximum atomic E-state index is 13.2. The fraction of sp³-hybridized carbons (Fsp3) is 0.185. The Morgan fingerprint density at radius 2 is 1.47 bits per heavy atom. The molecule has 4 rings (SSSR count). The largest absolute Gasteiger partial charge is 0.497 e. The lowest BCUT2D eigenvalue weighted by atomic mass is 9.87. The number of ether oxygens (including phenoxy) is 1. The van der Waals surface area contributed by atoms with E-state index in [-0.39, 0.29) is 27.5 Å². The molecule has 1 aliphatic carbocycles. The van der Waals surface area contributed by atoms with Gasteiger partial charge in [-0.05, 0) is 53.5 Å². The summed E-state index contributed by atoms with van der Waals surface area (Å²) in [5.41, 5.74) is 2.90. The standard InChI is InChI=1S/C27H26N2O4S/c1-27(2,3)18-9-15-21(16-10-18)34(31,32)29-24-17-25(26(30)23-8-6-5-7-22(23)24)28-19-11-13-20(33-4)14-12-19/h5-17,28H,1-4H3/b29-24-. The molecule has 0 saturated carbocycles. The zero-order valence-corrected chi connectivity index (χ0v) is 20.3. The third-order valence-electron chi connectivity index (χ3n) is 5.58. The fourth-order valence-corrected chi connectivity index (χ4v) is 4.63. The Kier molecular flexibility index (Phi) is 6.15. The molecule has 0 fully saturated rings. The summed E-state index contributed by atoms with van der Waals surface area (Å²) in [6.45, 7) is 6.19. The van der Waals surface area contributed by atoms with E-state index in [1.165, 1.54) is 6.08 Å². The number of fused-ring (bicyclic) bond motifs is 1. The van der Waals surface area contributed by atoms with Gasteiger partial charge in [0.15, 0.2) is 0 Å². The van der Waals surface area contributed by atoms with Crippen molar-refractivity contribution in [2.45, 2.75) is 31.1 Å². The van der Waals surface area contributed by atoms with Crippen LogP contribution in [0.15, 0.2) is 93.9 Å². The molecule has 0 spiro atoms. The van der Waals surface area contributed by atoms with E-state index in [0.29, 0.717) is 22.6 Å². The van der Waals surface area contributed by atoms with E-state index in [0.717, 1.165) is 5.56 Å². The molecule has 0 radical (unpaired) electrons. The van der Waals surface area contributed by atoms with Gasteiger partial charge in [0.1, 0.15) is 5.75 Å². The number of Topliss-reactive ketones (excluding diaryl/α,β-unsaturated/α-hetero) is 1. The highest BCUT2D eigenvalue weighted by Gasteiger charge is 2.26. The molecule has 0 heterocycles. The molecule has 6 nitrogen and oxygen atoms in total. The van der Waals surface area contributed by atoms with E-state index in [1.54, 1.807) is 79.9 Å². The molecule has 0 unspecified atom stereocenters. The minimum Gasteiger partial charge on any atom is -0.497 e. The normalized spacial score (nSPS) is 15.0. The Hall–Kier alpha value is -3.71. The number of benzene rings is 3. The quantitative estimate of drug-likeness (QED) is 0.538. The van der Waals surface area contributed by atoms with Gasteiger partial charge in [-0.1, -0.05) is 57.2 Å². The first kappa shape index (κ1) is 23.4. The zero-order valence-electron chi connectivity index (χ0n) is 19.5. The number of carbonyl (C=O) groups excluding carboxylic acids is 1. The molecule has 3 aromatic carbocycles. The molecular formula is C27H26N2O4S. The highest BCUT2D eigenvalue weighted by atomic mass is 32.2. The summed E-state index contributed by atoms with van der Waals surface area (Å²) in [4.78, 5) is 13.2. The zero-order chi connectivity index (χ0) is 24.5. The molecule has 174 valence electrons. The Balaban J connectivity index is 1.75.